The van der Waals surface area contributed by atoms with Crippen molar-refractivity contribution < 1.29 is 19.1 Å². The Hall–Kier alpha value is -3.55. The molecule has 0 aliphatic carbocycles. The molecule has 0 aliphatic heterocycles. The first-order valence-electron chi connectivity index (χ1n) is 8.65. The highest BCUT2D eigenvalue weighted by Gasteiger charge is 2.11. The molecule has 146 valence electrons. The normalized spacial score (nSPS) is 10.8. The number of carbonyl (C=O) groups excluding carboxylic acids is 1. The lowest BCUT2D eigenvalue weighted by Crippen LogP contribution is -2.29. The number of hydrogen-bond donors (Lipinski definition) is 2. The second kappa shape index (κ2) is 7.99. The molecule has 2 aromatic heterocycles. The van der Waals surface area contributed by atoms with Crippen molar-refractivity contribution in [1.82, 2.24) is 9.88 Å². The average molecular weight is 384 g/mol. The lowest BCUT2D eigenvalue weighted by molar-refractivity contribution is -0.120. The van der Waals surface area contributed by atoms with E-state index >= 15 is 0 Å². The molecule has 0 radical (unpaired) electrons. The predicted octanol–water partition coefficient (Wildman–Crippen LogP) is 1.34. The van der Waals surface area contributed by atoms with Gasteiger partial charge in [0.2, 0.25) is 11.3 Å². The first-order valence-corrected chi connectivity index (χ1v) is 8.65. The summed E-state index contributed by atoms with van der Waals surface area (Å²) in [5.74, 6) is -0.00521. The molecule has 0 spiro atoms. The van der Waals surface area contributed by atoms with E-state index in [1.807, 2.05) is 0 Å². The van der Waals surface area contributed by atoms with E-state index < -0.39 is 11.1 Å². The van der Waals surface area contributed by atoms with Crippen molar-refractivity contribution in [2.45, 2.75) is 19.9 Å². The summed E-state index contributed by atoms with van der Waals surface area (Å²) in [6.07, 6.45) is 1.58. The molecule has 0 aliphatic rings. The van der Waals surface area contributed by atoms with Gasteiger partial charge in [0.05, 0.1) is 19.2 Å². The number of hydrogen-bond acceptors (Lipinski definition) is 6. The highest BCUT2D eigenvalue weighted by molar-refractivity contribution is 5.87. The van der Waals surface area contributed by atoms with E-state index in [1.165, 1.54) is 19.2 Å². The van der Waals surface area contributed by atoms with Gasteiger partial charge in [-0.25, -0.2) is 4.79 Å². The van der Waals surface area contributed by atoms with Crippen LogP contribution in [-0.2, 0) is 17.8 Å². The van der Waals surface area contributed by atoms with Gasteiger partial charge in [-0.2, -0.15) is 0 Å². The van der Waals surface area contributed by atoms with Gasteiger partial charge in [0.25, 0.3) is 0 Å². The summed E-state index contributed by atoms with van der Waals surface area (Å²) < 4.78 is 12.0. The van der Waals surface area contributed by atoms with Crippen LogP contribution in [0, 0.1) is 6.92 Å². The van der Waals surface area contributed by atoms with Gasteiger partial charge in [-0.15, -0.1) is 0 Å². The second-order valence-corrected chi connectivity index (χ2v) is 6.29. The molecule has 0 atom stereocenters. The lowest BCUT2D eigenvalue weighted by atomic mass is 10.1. The molecular formula is C20H20N2O6. The van der Waals surface area contributed by atoms with Crippen LogP contribution in [0.15, 0.2) is 50.5 Å². The number of rotatable bonds is 6. The minimum absolute atomic E-state index is 0.0167. The lowest BCUT2D eigenvalue weighted by Gasteiger charge is -2.12. The summed E-state index contributed by atoms with van der Waals surface area (Å²) >= 11 is 0. The zero-order valence-electron chi connectivity index (χ0n) is 15.5. The van der Waals surface area contributed by atoms with Gasteiger partial charge in [-0.3, -0.25) is 9.59 Å². The molecule has 3 aromatic rings. The standard InChI is InChI=1S/C20H20N2O6/c1-12-20(26)16(23)5-7-22(12)8-6-21-18(24)9-13-10-19(25)28-17-11-14(27-2)3-4-15(13)17/h3-5,7,10-11,26H,6,8-9H2,1-2H3,(H,21,24). The number of pyridine rings is 1. The largest absolute Gasteiger partial charge is 0.503 e. The maximum atomic E-state index is 12.3. The third-order valence-corrected chi connectivity index (χ3v) is 4.48. The molecule has 0 saturated heterocycles. The van der Waals surface area contributed by atoms with E-state index in [2.05, 4.69) is 5.32 Å². The molecule has 3 rings (SSSR count). The summed E-state index contributed by atoms with van der Waals surface area (Å²) in [7, 11) is 1.51. The van der Waals surface area contributed by atoms with Crippen LogP contribution in [0.5, 0.6) is 11.5 Å². The Labute approximate surface area is 160 Å². The third kappa shape index (κ3) is 4.06. The molecule has 8 heteroatoms. The molecule has 8 nitrogen and oxygen atoms in total. The van der Waals surface area contributed by atoms with Crippen LogP contribution < -0.4 is 21.1 Å². The summed E-state index contributed by atoms with van der Waals surface area (Å²) in [6, 6.07) is 7.65. The zero-order valence-corrected chi connectivity index (χ0v) is 15.5. The molecular weight excluding hydrogens is 364 g/mol. The molecule has 0 saturated carbocycles. The van der Waals surface area contributed by atoms with Gasteiger partial charge >= 0.3 is 5.63 Å². The molecule has 2 N–H and O–H groups in total. The van der Waals surface area contributed by atoms with E-state index in [1.54, 1.807) is 35.9 Å². The Balaban J connectivity index is 1.69. The smallest absolute Gasteiger partial charge is 0.336 e. The Bertz CT molecular complexity index is 1150. The molecule has 1 amide bonds. The number of aromatic nitrogens is 1. The van der Waals surface area contributed by atoms with E-state index in [9.17, 15) is 19.5 Å². The minimum atomic E-state index is -0.539. The Morgan fingerprint density at radius 3 is 2.79 bits per heavy atom. The van der Waals surface area contributed by atoms with Crippen LogP contribution >= 0.6 is 0 Å². The van der Waals surface area contributed by atoms with E-state index in [-0.39, 0.29) is 18.1 Å². The zero-order chi connectivity index (χ0) is 20.3. The Morgan fingerprint density at radius 1 is 1.25 bits per heavy atom. The number of methoxy groups -OCH3 is 1. The van der Waals surface area contributed by atoms with Crippen molar-refractivity contribution >= 4 is 16.9 Å². The highest BCUT2D eigenvalue weighted by Crippen LogP contribution is 2.22. The third-order valence-electron chi connectivity index (χ3n) is 4.48. The van der Waals surface area contributed by atoms with Gasteiger partial charge < -0.3 is 24.1 Å². The van der Waals surface area contributed by atoms with Crippen LogP contribution in [0.25, 0.3) is 11.0 Å². The van der Waals surface area contributed by atoms with Crippen molar-refractivity contribution in [2.24, 2.45) is 0 Å². The van der Waals surface area contributed by atoms with Gasteiger partial charge in [0.15, 0.2) is 5.75 Å². The quantitative estimate of drug-likeness (QED) is 0.621. The fourth-order valence-corrected chi connectivity index (χ4v) is 2.94. The van der Waals surface area contributed by atoms with Gasteiger partial charge in [-0.1, -0.05) is 0 Å². The maximum absolute atomic E-state index is 12.3. The number of amides is 1. The number of benzene rings is 1. The molecule has 0 fully saturated rings. The molecule has 0 unspecified atom stereocenters. The van der Waals surface area contributed by atoms with Crippen molar-refractivity contribution in [3.05, 3.63) is 68.4 Å². The SMILES string of the molecule is COc1ccc2c(CC(=O)NCCn3ccc(=O)c(O)c3C)cc(=O)oc2c1. The molecule has 1 aromatic carbocycles. The molecule has 2 heterocycles. The fraction of sp³-hybridized carbons (Fsp3) is 0.250. The predicted molar refractivity (Wildman–Crippen MR) is 103 cm³/mol. The maximum Gasteiger partial charge on any atom is 0.336 e. The minimum Gasteiger partial charge on any atom is -0.503 e. The summed E-state index contributed by atoms with van der Waals surface area (Å²) in [4.78, 5) is 35.5. The van der Waals surface area contributed by atoms with Crippen LogP contribution in [0.3, 0.4) is 0 Å². The summed E-state index contributed by atoms with van der Waals surface area (Å²) in [5, 5.41) is 13.1. The van der Waals surface area contributed by atoms with Crippen molar-refractivity contribution in [3.8, 4) is 11.5 Å². The summed E-state index contributed by atoms with van der Waals surface area (Å²) in [5.41, 5.74) is 0.368. The molecule has 0 bridgehead atoms. The number of nitrogens with one attached hydrogen (secondary N) is 1. The Morgan fingerprint density at radius 2 is 2.04 bits per heavy atom. The second-order valence-electron chi connectivity index (χ2n) is 6.29. The molecule has 28 heavy (non-hydrogen) atoms. The number of aromatic hydroxyl groups is 1. The van der Waals surface area contributed by atoms with Crippen molar-refractivity contribution in [3.63, 3.8) is 0 Å². The first kappa shape index (κ1) is 19.2. The highest BCUT2D eigenvalue weighted by atomic mass is 16.5. The van der Waals surface area contributed by atoms with Crippen LogP contribution in [0.4, 0.5) is 0 Å². The number of fused-ring (bicyclic) bond motifs is 1. The van der Waals surface area contributed by atoms with Gasteiger partial charge in [-0.05, 0) is 24.6 Å². The van der Waals surface area contributed by atoms with E-state index in [0.29, 0.717) is 41.1 Å². The average Bonchev–Trinajstić information content (AvgIpc) is 2.67. The number of carbonyl (C=O) groups is 1. The van der Waals surface area contributed by atoms with Gasteiger partial charge in [0, 0.05) is 42.9 Å². The number of nitrogens with zero attached hydrogens (tertiary/aromatic N) is 1. The van der Waals surface area contributed by atoms with Crippen LogP contribution in [0.1, 0.15) is 11.3 Å². The Kier molecular flexibility index (Phi) is 5.49. The van der Waals surface area contributed by atoms with E-state index in [4.69, 9.17) is 9.15 Å². The number of ether oxygens (including phenoxy) is 1. The fourth-order valence-electron chi connectivity index (χ4n) is 2.94. The van der Waals surface area contributed by atoms with Crippen LogP contribution in [-0.4, -0.2) is 29.2 Å². The monoisotopic (exact) mass is 384 g/mol. The van der Waals surface area contributed by atoms with E-state index in [0.717, 1.165) is 0 Å². The van der Waals surface area contributed by atoms with Crippen molar-refractivity contribution in [1.29, 1.82) is 0 Å². The first-order chi connectivity index (χ1) is 13.4. The van der Waals surface area contributed by atoms with Gasteiger partial charge in [0.1, 0.15) is 11.3 Å². The van der Waals surface area contributed by atoms with Crippen molar-refractivity contribution in [2.75, 3.05) is 13.7 Å². The topological polar surface area (TPSA) is 111 Å². The van der Waals surface area contributed by atoms with Crippen LogP contribution in [0.2, 0.25) is 0 Å². The summed E-state index contributed by atoms with van der Waals surface area (Å²) in [6.45, 7) is 2.32.